The minimum atomic E-state index is 0.204. The van der Waals surface area contributed by atoms with Gasteiger partial charge in [0, 0.05) is 26.2 Å². The van der Waals surface area contributed by atoms with Crippen molar-refractivity contribution in [2.75, 3.05) is 38.1 Å². The zero-order valence-corrected chi connectivity index (χ0v) is 11.0. The second-order valence-corrected chi connectivity index (χ2v) is 4.80. The van der Waals surface area contributed by atoms with Crippen LogP contribution in [0.1, 0.15) is 0 Å². The highest BCUT2D eigenvalue weighted by Crippen LogP contribution is 2.28. The van der Waals surface area contributed by atoms with E-state index >= 15 is 0 Å². The van der Waals surface area contributed by atoms with Gasteiger partial charge in [-0.2, -0.15) is 9.97 Å². The summed E-state index contributed by atoms with van der Waals surface area (Å²) in [6.45, 7) is 3.68. The van der Waals surface area contributed by atoms with Gasteiger partial charge in [-0.3, -0.25) is 0 Å². The maximum absolute atomic E-state index is 5.86. The Labute approximate surface area is 109 Å². The van der Waals surface area contributed by atoms with E-state index in [2.05, 4.69) is 21.9 Å². The van der Waals surface area contributed by atoms with Crippen molar-refractivity contribution in [3.63, 3.8) is 0 Å². The van der Waals surface area contributed by atoms with Gasteiger partial charge in [-0.05, 0) is 7.05 Å². The summed E-state index contributed by atoms with van der Waals surface area (Å²) >= 11 is 17.5. The van der Waals surface area contributed by atoms with Crippen molar-refractivity contribution >= 4 is 40.8 Å². The molecule has 0 N–H and O–H groups in total. The molecule has 4 nitrogen and oxygen atoms in total. The van der Waals surface area contributed by atoms with Crippen molar-refractivity contribution in [2.45, 2.75) is 0 Å². The molecule has 0 bridgehead atoms. The Morgan fingerprint density at radius 3 is 1.94 bits per heavy atom. The monoisotopic (exact) mass is 280 g/mol. The summed E-state index contributed by atoms with van der Waals surface area (Å²) in [6, 6.07) is 0. The first-order valence-electron chi connectivity index (χ1n) is 4.90. The molecule has 7 heteroatoms. The highest BCUT2D eigenvalue weighted by Gasteiger charge is 2.18. The van der Waals surface area contributed by atoms with Gasteiger partial charge in [0.15, 0.2) is 10.3 Å². The minimum absolute atomic E-state index is 0.204. The largest absolute Gasteiger partial charge is 0.338 e. The highest BCUT2D eigenvalue weighted by molar-refractivity contribution is 6.46. The van der Waals surface area contributed by atoms with Crippen LogP contribution >= 0.6 is 34.8 Å². The van der Waals surface area contributed by atoms with Crippen LogP contribution in [0.4, 0.5) is 5.95 Å². The second-order valence-electron chi connectivity index (χ2n) is 3.71. The number of rotatable bonds is 1. The molecule has 0 atom stereocenters. The molecule has 1 saturated heterocycles. The van der Waals surface area contributed by atoms with E-state index in [0.717, 1.165) is 26.2 Å². The lowest BCUT2D eigenvalue weighted by Crippen LogP contribution is -2.45. The zero-order chi connectivity index (χ0) is 11.7. The summed E-state index contributed by atoms with van der Waals surface area (Å²) < 4.78 is 0. The Kier molecular flexibility index (Phi) is 3.74. The molecule has 2 heterocycles. The van der Waals surface area contributed by atoms with Gasteiger partial charge in [0.25, 0.3) is 0 Å². The third-order valence-corrected chi connectivity index (χ3v) is 3.64. The number of aromatic nitrogens is 2. The predicted octanol–water partition coefficient (Wildman–Crippen LogP) is 2.19. The van der Waals surface area contributed by atoms with Crippen LogP contribution in [0.2, 0.25) is 15.3 Å². The van der Waals surface area contributed by atoms with Gasteiger partial charge in [0.1, 0.15) is 5.02 Å². The van der Waals surface area contributed by atoms with Crippen molar-refractivity contribution < 1.29 is 0 Å². The van der Waals surface area contributed by atoms with E-state index in [1.165, 1.54) is 0 Å². The molecule has 0 aliphatic carbocycles. The summed E-state index contributed by atoms with van der Waals surface area (Å²) in [5.74, 6) is 0.549. The van der Waals surface area contributed by atoms with Gasteiger partial charge < -0.3 is 9.80 Å². The lowest BCUT2D eigenvalue weighted by atomic mass is 10.3. The summed E-state index contributed by atoms with van der Waals surface area (Å²) in [6.07, 6.45) is 0. The molecule has 0 spiro atoms. The topological polar surface area (TPSA) is 32.3 Å². The van der Waals surface area contributed by atoms with E-state index in [1.54, 1.807) is 0 Å². The highest BCUT2D eigenvalue weighted by atomic mass is 35.5. The summed E-state index contributed by atoms with van der Waals surface area (Å²) in [5, 5.41) is 0.618. The molecule has 0 amide bonds. The van der Waals surface area contributed by atoms with E-state index in [9.17, 15) is 0 Å². The van der Waals surface area contributed by atoms with Crippen molar-refractivity contribution in [1.29, 1.82) is 0 Å². The number of nitrogens with zero attached hydrogens (tertiary/aromatic N) is 4. The van der Waals surface area contributed by atoms with Crippen LogP contribution in [-0.4, -0.2) is 48.1 Å². The molecular formula is C9H11Cl3N4. The van der Waals surface area contributed by atoms with Crippen molar-refractivity contribution in [1.82, 2.24) is 14.9 Å². The Bertz CT molecular complexity index is 367. The predicted molar refractivity (Wildman–Crippen MR) is 66.8 cm³/mol. The van der Waals surface area contributed by atoms with E-state index in [0.29, 0.717) is 5.95 Å². The van der Waals surface area contributed by atoms with E-state index in [4.69, 9.17) is 34.8 Å². The molecule has 16 heavy (non-hydrogen) atoms. The number of hydrogen-bond donors (Lipinski definition) is 0. The van der Waals surface area contributed by atoms with Crippen molar-refractivity contribution in [3.8, 4) is 0 Å². The van der Waals surface area contributed by atoms with Gasteiger partial charge >= 0.3 is 0 Å². The zero-order valence-electron chi connectivity index (χ0n) is 8.75. The van der Waals surface area contributed by atoms with Crippen LogP contribution in [0.15, 0.2) is 0 Å². The fourth-order valence-electron chi connectivity index (χ4n) is 1.53. The van der Waals surface area contributed by atoms with Crippen LogP contribution in [0.25, 0.3) is 0 Å². The van der Waals surface area contributed by atoms with Gasteiger partial charge in [-0.25, -0.2) is 0 Å². The van der Waals surface area contributed by atoms with Crippen LogP contribution in [-0.2, 0) is 0 Å². The number of likely N-dealkylation sites (N-methyl/N-ethyl adjacent to an activating group) is 1. The van der Waals surface area contributed by atoms with Crippen LogP contribution in [0.5, 0.6) is 0 Å². The summed E-state index contributed by atoms with van der Waals surface area (Å²) in [4.78, 5) is 12.6. The molecule has 2 rings (SSSR count). The number of halogens is 3. The first-order chi connectivity index (χ1) is 7.58. The molecule has 1 aliphatic heterocycles. The standard InChI is InChI=1S/C9H11Cl3N4/c1-15-2-4-16(5-3-15)9-13-7(11)6(10)8(12)14-9/h2-5H2,1H3. The first-order valence-corrected chi connectivity index (χ1v) is 6.03. The average Bonchev–Trinajstić information content (AvgIpc) is 2.26. The minimum Gasteiger partial charge on any atom is -0.338 e. The van der Waals surface area contributed by atoms with Crippen molar-refractivity contribution in [2.24, 2.45) is 0 Å². The molecule has 0 unspecified atom stereocenters. The smallest absolute Gasteiger partial charge is 0.228 e. The van der Waals surface area contributed by atoms with E-state index in [-0.39, 0.29) is 15.3 Å². The molecule has 0 saturated carbocycles. The molecular weight excluding hydrogens is 270 g/mol. The maximum atomic E-state index is 5.86. The van der Waals surface area contributed by atoms with Gasteiger partial charge in [-0.1, -0.05) is 34.8 Å². The quantitative estimate of drug-likeness (QED) is 0.739. The molecule has 88 valence electrons. The maximum Gasteiger partial charge on any atom is 0.228 e. The van der Waals surface area contributed by atoms with E-state index in [1.807, 2.05) is 4.90 Å². The van der Waals surface area contributed by atoms with Gasteiger partial charge in [0.05, 0.1) is 0 Å². The van der Waals surface area contributed by atoms with Gasteiger partial charge in [-0.15, -0.1) is 0 Å². The molecule has 0 radical (unpaired) electrons. The van der Waals surface area contributed by atoms with Crippen molar-refractivity contribution in [3.05, 3.63) is 15.3 Å². The molecule has 1 fully saturated rings. The van der Waals surface area contributed by atoms with Crippen LogP contribution in [0, 0.1) is 0 Å². The number of piperazine rings is 1. The fraction of sp³-hybridized carbons (Fsp3) is 0.556. The Balaban J connectivity index is 2.21. The Morgan fingerprint density at radius 1 is 0.938 bits per heavy atom. The lowest BCUT2D eigenvalue weighted by molar-refractivity contribution is 0.311. The molecule has 0 aromatic carbocycles. The average molecular weight is 282 g/mol. The third kappa shape index (κ3) is 2.51. The van der Waals surface area contributed by atoms with Crippen LogP contribution in [0.3, 0.4) is 0 Å². The second kappa shape index (κ2) is 4.92. The SMILES string of the molecule is CN1CCN(c2nc(Cl)c(Cl)c(Cl)n2)CC1. The molecule has 1 aliphatic rings. The molecule has 1 aromatic heterocycles. The van der Waals surface area contributed by atoms with E-state index < -0.39 is 0 Å². The lowest BCUT2D eigenvalue weighted by Gasteiger charge is -2.32. The third-order valence-electron chi connectivity index (χ3n) is 2.54. The molecule has 1 aromatic rings. The summed E-state index contributed by atoms with van der Waals surface area (Å²) in [5.41, 5.74) is 0. The normalized spacial score (nSPS) is 17.9. The Morgan fingerprint density at radius 2 is 1.44 bits per heavy atom. The number of anilines is 1. The van der Waals surface area contributed by atoms with Crippen LogP contribution < -0.4 is 4.90 Å². The first kappa shape index (κ1) is 12.2. The number of hydrogen-bond acceptors (Lipinski definition) is 4. The van der Waals surface area contributed by atoms with Gasteiger partial charge in [0.2, 0.25) is 5.95 Å². The summed E-state index contributed by atoms with van der Waals surface area (Å²) in [7, 11) is 2.08. The fourth-order valence-corrected chi connectivity index (χ4v) is 1.99. The Hall–Kier alpha value is -0.290.